The maximum atomic E-state index is 9.71. The van der Waals surface area contributed by atoms with E-state index in [1.165, 1.54) is 0 Å². The van der Waals surface area contributed by atoms with Crippen molar-refractivity contribution in [1.82, 2.24) is 10.2 Å². The van der Waals surface area contributed by atoms with E-state index in [2.05, 4.69) is 16.3 Å². The Balaban J connectivity index is 2.37. The summed E-state index contributed by atoms with van der Waals surface area (Å²) in [6.07, 6.45) is 0. The number of rotatable bonds is 2. The molecule has 1 aliphatic heterocycles. The molecule has 0 aliphatic carbocycles. The number of allylic oxidation sites excluding steroid dienone is 1. The van der Waals surface area contributed by atoms with Gasteiger partial charge in [0.15, 0.2) is 0 Å². The van der Waals surface area contributed by atoms with Crippen molar-refractivity contribution >= 4 is 23.2 Å². The molecule has 7 heteroatoms. The molecule has 0 radical (unpaired) electrons. The number of nitrogens with two attached hydrogens (primary N) is 1. The Bertz CT molecular complexity index is 938. The lowest BCUT2D eigenvalue weighted by Crippen LogP contribution is -2.22. The molecule has 1 atom stereocenters. The highest BCUT2D eigenvalue weighted by Crippen LogP contribution is 2.46. The first kappa shape index (κ1) is 17.7. The summed E-state index contributed by atoms with van der Waals surface area (Å²) in [5.41, 5.74) is 12.8. The number of ether oxygens (including phenoxy) is 1. The molecule has 2 heterocycles. The third-order valence-corrected chi connectivity index (χ3v) is 5.16. The summed E-state index contributed by atoms with van der Waals surface area (Å²) in [7, 11) is 0. The van der Waals surface area contributed by atoms with Gasteiger partial charge in [0.05, 0.1) is 5.92 Å². The summed E-state index contributed by atoms with van der Waals surface area (Å²) in [6.45, 7) is 7.85. The SMILES string of the molecule is Cc1cc(C)c([C@H]2C(C#N)=C(N)Oc3n[nH]c(C)c32)c(C)c1C(Cl)Cl. The molecule has 2 aromatic rings. The lowest BCUT2D eigenvalue weighted by atomic mass is 9.78. The Hall–Kier alpha value is -2.16. The molecule has 0 fully saturated rings. The first-order chi connectivity index (χ1) is 11.8. The fourth-order valence-corrected chi connectivity index (χ4v) is 4.36. The fourth-order valence-electron chi connectivity index (χ4n) is 3.68. The van der Waals surface area contributed by atoms with Crippen molar-refractivity contribution < 1.29 is 4.74 Å². The summed E-state index contributed by atoms with van der Waals surface area (Å²) in [5.74, 6) is 0.0906. The fraction of sp³-hybridized carbons (Fsp3) is 0.333. The Morgan fingerprint density at radius 2 is 1.92 bits per heavy atom. The zero-order chi connectivity index (χ0) is 18.5. The van der Waals surface area contributed by atoms with Crippen LogP contribution in [0, 0.1) is 39.0 Å². The van der Waals surface area contributed by atoms with Gasteiger partial charge in [0.2, 0.25) is 11.8 Å². The first-order valence-electron chi connectivity index (χ1n) is 7.79. The van der Waals surface area contributed by atoms with Crippen LogP contribution in [0.1, 0.15) is 49.8 Å². The molecular weight excluding hydrogens is 359 g/mol. The molecule has 0 unspecified atom stereocenters. The number of aromatic amines is 1. The Labute approximate surface area is 156 Å². The maximum Gasteiger partial charge on any atom is 0.244 e. The van der Waals surface area contributed by atoms with Crippen LogP contribution in [0.15, 0.2) is 17.5 Å². The third-order valence-electron chi connectivity index (χ3n) is 4.73. The Morgan fingerprint density at radius 1 is 1.24 bits per heavy atom. The van der Waals surface area contributed by atoms with Gasteiger partial charge in [-0.25, -0.2) is 0 Å². The molecule has 1 aromatic carbocycles. The van der Waals surface area contributed by atoms with E-state index in [1.807, 2.05) is 33.8 Å². The standard InChI is InChI=1S/C18H18Cl2N4O/c1-7-5-8(2)13(16(19)20)9(3)12(7)15-11(6-21)17(22)25-18-14(15)10(4)23-24-18/h5,15-16H,22H2,1-4H3,(H,23,24)/t15-/m1/s1. The summed E-state index contributed by atoms with van der Waals surface area (Å²) < 4.78 is 5.53. The third kappa shape index (κ3) is 2.66. The highest BCUT2D eigenvalue weighted by Gasteiger charge is 2.36. The van der Waals surface area contributed by atoms with Crippen molar-refractivity contribution in [3.05, 3.63) is 56.6 Å². The van der Waals surface area contributed by atoms with Crippen molar-refractivity contribution in [1.29, 1.82) is 5.26 Å². The van der Waals surface area contributed by atoms with Gasteiger partial charge in [0, 0.05) is 11.3 Å². The molecule has 0 amide bonds. The number of nitrogens with zero attached hydrogens (tertiary/aromatic N) is 2. The van der Waals surface area contributed by atoms with Crippen LogP contribution >= 0.6 is 23.2 Å². The number of halogens is 2. The van der Waals surface area contributed by atoms with Gasteiger partial charge in [-0.15, -0.1) is 28.3 Å². The van der Waals surface area contributed by atoms with E-state index in [9.17, 15) is 5.26 Å². The topological polar surface area (TPSA) is 87.7 Å². The average Bonchev–Trinajstić information content (AvgIpc) is 2.86. The smallest absolute Gasteiger partial charge is 0.244 e. The van der Waals surface area contributed by atoms with E-state index in [-0.39, 0.29) is 11.8 Å². The number of aromatic nitrogens is 2. The number of benzene rings is 1. The molecule has 5 nitrogen and oxygen atoms in total. The van der Waals surface area contributed by atoms with Crippen molar-refractivity contribution in [3.8, 4) is 11.9 Å². The number of nitriles is 1. The minimum absolute atomic E-state index is 0.0701. The highest BCUT2D eigenvalue weighted by atomic mass is 35.5. The van der Waals surface area contributed by atoms with Crippen LogP contribution in [0.25, 0.3) is 0 Å². The predicted octanol–water partition coefficient (Wildman–Crippen LogP) is 4.34. The monoisotopic (exact) mass is 376 g/mol. The predicted molar refractivity (Wildman–Crippen MR) is 97.7 cm³/mol. The largest absolute Gasteiger partial charge is 0.420 e. The second-order valence-electron chi connectivity index (χ2n) is 6.26. The van der Waals surface area contributed by atoms with Crippen molar-refractivity contribution in [2.45, 2.75) is 38.4 Å². The van der Waals surface area contributed by atoms with E-state index in [0.29, 0.717) is 11.5 Å². The molecule has 0 bridgehead atoms. The van der Waals surface area contributed by atoms with Crippen LogP contribution in [0.2, 0.25) is 0 Å². The lowest BCUT2D eigenvalue weighted by molar-refractivity contribution is 0.378. The summed E-state index contributed by atoms with van der Waals surface area (Å²) in [4.78, 5) is -0.657. The Morgan fingerprint density at radius 3 is 2.52 bits per heavy atom. The molecule has 0 spiro atoms. The van der Waals surface area contributed by atoms with E-state index in [0.717, 1.165) is 39.1 Å². The van der Waals surface area contributed by atoms with E-state index < -0.39 is 4.84 Å². The van der Waals surface area contributed by atoms with Gasteiger partial charge < -0.3 is 10.5 Å². The van der Waals surface area contributed by atoms with Crippen LogP contribution < -0.4 is 10.5 Å². The summed E-state index contributed by atoms with van der Waals surface area (Å²) >= 11 is 12.4. The van der Waals surface area contributed by atoms with E-state index in [4.69, 9.17) is 33.7 Å². The molecule has 0 saturated heterocycles. The molecule has 3 rings (SSSR count). The highest BCUT2D eigenvalue weighted by molar-refractivity contribution is 6.44. The van der Waals surface area contributed by atoms with Crippen molar-refractivity contribution in [2.24, 2.45) is 5.73 Å². The molecule has 130 valence electrons. The Kier molecular flexibility index (Phi) is 4.44. The second kappa shape index (κ2) is 6.29. The lowest BCUT2D eigenvalue weighted by Gasteiger charge is -2.28. The molecule has 0 saturated carbocycles. The number of fused-ring (bicyclic) bond motifs is 1. The molecule has 25 heavy (non-hydrogen) atoms. The van der Waals surface area contributed by atoms with Gasteiger partial charge in [0.1, 0.15) is 16.5 Å². The molecule has 1 aromatic heterocycles. The maximum absolute atomic E-state index is 9.71. The number of hydrogen-bond acceptors (Lipinski definition) is 4. The van der Waals surface area contributed by atoms with Gasteiger partial charge in [-0.05, 0) is 55.5 Å². The van der Waals surface area contributed by atoms with Crippen LogP contribution in [0.3, 0.4) is 0 Å². The van der Waals surface area contributed by atoms with Crippen molar-refractivity contribution in [2.75, 3.05) is 0 Å². The van der Waals surface area contributed by atoms with Crippen LogP contribution in [0.5, 0.6) is 5.88 Å². The number of alkyl halides is 2. The molecule has 1 aliphatic rings. The van der Waals surface area contributed by atoms with Gasteiger partial charge in [0.25, 0.3) is 0 Å². The summed E-state index contributed by atoms with van der Waals surface area (Å²) in [6, 6.07) is 4.23. The average molecular weight is 377 g/mol. The van der Waals surface area contributed by atoms with Crippen LogP contribution in [-0.2, 0) is 0 Å². The quantitative estimate of drug-likeness (QED) is 0.763. The molecular formula is C18H18Cl2N4O. The van der Waals surface area contributed by atoms with E-state index >= 15 is 0 Å². The van der Waals surface area contributed by atoms with Gasteiger partial charge in [-0.3, -0.25) is 5.10 Å². The van der Waals surface area contributed by atoms with E-state index in [1.54, 1.807) is 0 Å². The van der Waals surface area contributed by atoms with Crippen molar-refractivity contribution in [3.63, 3.8) is 0 Å². The first-order valence-corrected chi connectivity index (χ1v) is 8.66. The second-order valence-corrected chi connectivity index (χ2v) is 7.35. The van der Waals surface area contributed by atoms with Crippen LogP contribution in [-0.4, -0.2) is 10.2 Å². The number of nitrogens with one attached hydrogen (secondary N) is 1. The van der Waals surface area contributed by atoms with Gasteiger partial charge in [-0.1, -0.05) is 6.07 Å². The summed E-state index contributed by atoms with van der Waals surface area (Å²) in [5, 5.41) is 16.8. The zero-order valence-electron chi connectivity index (χ0n) is 14.4. The molecule has 3 N–H and O–H groups in total. The zero-order valence-corrected chi connectivity index (χ0v) is 15.9. The van der Waals surface area contributed by atoms with Crippen LogP contribution in [0.4, 0.5) is 0 Å². The normalized spacial score (nSPS) is 16.6. The number of H-pyrrole nitrogens is 1. The van der Waals surface area contributed by atoms with Gasteiger partial charge >= 0.3 is 0 Å². The minimum Gasteiger partial charge on any atom is -0.420 e. The van der Waals surface area contributed by atoms with Gasteiger partial charge in [-0.2, -0.15) is 5.26 Å². The number of aryl methyl sites for hydroxylation is 3. The minimum atomic E-state index is -0.657. The number of hydrogen-bond donors (Lipinski definition) is 2.